The van der Waals surface area contributed by atoms with E-state index in [9.17, 15) is 13.2 Å². The van der Waals surface area contributed by atoms with Gasteiger partial charge in [-0.25, -0.2) is 0 Å². The Morgan fingerprint density at radius 3 is 2.26 bits per heavy atom. The van der Waals surface area contributed by atoms with E-state index in [0.717, 1.165) is 5.56 Å². The highest BCUT2D eigenvalue weighted by atomic mass is 35.5. The first-order valence-electron chi connectivity index (χ1n) is 8.32. The van der Waals surface area contributed by atoms with Crippen molar-refractivity contribution in [2.45, 2.75) is 18.8 Å². The number of ether oxygens (including phenoxy) is 1. The Morgan fingerprint density at radius 2 is 1.63 bits per heavy atom. The number of hydrogen-bond donors (Lipinski definition) is 1. The second-order valence-corrected chi connectivity index (χ2v) is 6.08. The molecule has 1 heterocycles. The summed E-state index contributed by atoms with van der Waals surface area (Å²) in [5.74, 6) is 0.450. The fourth-order valence-corrected chi connectivity index (χ4v) is 3.06. The van der Waals surface area contributed by atoms with Crippen LogP contribution in [0.4, 0.5) is 13.2 Å². The average Bonchev–Trinajstić information content (AvgIpc) is 2.61. The van der Waals surface area contributed by atoms with Gasteiger partial charge in [-0.15, -0.1) is 24.8 Å². The molecule has 1 aliphatic heterocycles. The molecule has 1 N–H and O–H groups in total. The maximum atomic E-state index is 13.7. The molecule has 3 nitrogen and oxygen atoms in total. The zero-order chi connectivity index (χ0) is 17.7. The summed E-state index contributed by atoms with van der Waals surface area (Å²) in [5.41, 5.74) is 1.20. The molecule has 0 aromatic heterocycles. The van der Waals surface area contributed by atoms with Gasteiger partial charge >= 0.3 is 6.18 Å². The van der Waals surface area contributed by atoms with Crippen LogP contribution in [0.1, 0.15) is 17.2 Å². The van der Waals surface area contributed by atoms with Crippen molar-refractivity contribution >= 4 is 24.8 Å². The third-order valence-corrected chi connectivity index (χ3v) is 4.25. The molecule has 1 fully saturated rings. The zero-order valence-electron chi connectivity index (χ0n) is 14.6. The van der Waals surface area contributed by atoms with E-state index in [4.69, 9.17) is 4.74 Å². The van der Waals surface area contributed by atoms with Crippen molar-refractivity contribution in [2.75, 3.05) is 26.2 Å². The first-order valence-corrected chi connectivity index (χ1v) is 8.32. The van der Waals surface area contributed by atoms with Crippen molar-refractivity contribution in [3.05, 3.63) is 65.7 Å². The fraction of sp³-hybridized carbons (Fsp3) is 0.368. The van der Waals surface area contributed by atoms with Crippen molar-refractivity contribution in [1.82, 2.24) is 10.2 Å². The highest BCUT2D eigenvalue weighted by Crippen LogP contribution is 2.38. The van der Waals surface area contributed by atoms with E-state index >= 15 is 0 Å². The fourth-order valence-electron chi connectivity index (χ4n) is 3.06. The summed E-state index contributed by atoms with van der Waals surface area (Å²) in [6.45, 7) is 2.21. The quantitative estimate of drug-likeness (QED) is 0.760. The lowest BCUT2D eigenvalue weighted by molar-refractivity contribution is -0.187. The second kappa shape index (κ2) is 10.8. The standard InChI is InChI=1S/C19H21F3N2O.2ClH/c20-19(21,22)18(24-11-9-23-10-12-24)16-7-4-8-17(13-16)25-14-15-5-2-1-3-6-15;;/h1-8,13,18,23H,9-12,14H2;2*1H/t18-;;/m0../s1. The zero-order valence-corrected chi connectivity index (χ0v) is 16.2. The highest BCUT2D eigenvalue weighted by Gasteiger charge is 2.44. The minimum atomic E-state index is -4.32. The summed E-state index contributed by atoms with van der Waals surface area (Å²) in [4.78, 5) is 1.48. The molecular formula is C19H23Cl2F3N2O. The molecule has 2 aromatic rings. The minimum Gasteiger partial charge on any atom is -0.489 e. The van der Waals surface area contributed by atoms with E-state index in [1.54, 1.807) is 12.1 Å². The second-order valence-electron chi connectivity index (χ2n) is 6.08. The topological polar surface area (TPSA) is 24.5 Å². The van der Waals surface area contributed by atoms with Crippen LogP contribution in [0.3, 0.4) is 0 Å². The molecule has 0 unspecified atom stereocenters. The molecule has 3 rings (SSSR count). The van der Waals surface area contributed by atoms with Gasteiger partial charge < -0.3 is 10.1 Å². The van der Waals surface area contributed by atoms with Gasteiger partial charge in [-0.1, -0.05) is 42.5 Å². The van der Waals surface area contributed by atoms with E-state index in [2.05, 4.69) is 5.32 Å². The molecular weight excluding hydrogens is 400 g/mol. The van der Waals surface area contributed by atoms with Crippen LogP contribution in [0.15, 0.2) is 54.6 Å². The number of nitrogens with zero attached hydrogens (tertiary/aromatic N) is 1. The number of rotatable bonds is 5. The average molecular weight is 423 g/mol. The largest absolute Gasteiger partial charge is 0.489 e. The van der Waals surface area contributed by atoms with Gasteiger partial charge in [0, 0.05) is 26.2 Å². The number of halogens is 5. The molecule has 0 aliphatic carbocycles. The van der Waals surface area contributed by atoms with Gasteiger partial charge in [0.05, 0.1) is 0 Å². The molecule has 2 aromatic carbocycles. The van der Waals surface area contributed by atoms with Gasteiger partial charge in [0.2, 0.25) is 0 Å². The number of hydrogen-bond acceptors (Lipinski definition) is 3. The first kappa shape index (κ1) is 23.6. The van der Waals surface area contributed by atoms with Gasteiger partial charge in [-0.3, -0.25) is 4.90 Å². The van der Waals surface area contributed by atoms with Crippen molar-refractivity contribution in [3.8, 4) is 5.75 Å². The van der Waals surface area contributed by atoms with Gasteiger partial charge in [-0.05, 0) is 23.3 Å². The van der Waals surface area contributed by atoms with Crippen LogP contribution < -0.4 is 10.1 Å². The number of alkyl halides is 3. The Labute approximate surface area is 169 Å². The highest BCUT2D eigenvalue weighted by molar-refractivity contribution is 5.85. The SMILES string of the molecule is Cl.Cl.FC(F)(F)[C@H](c1cccc(OCc2ccccc2)c1)N1CCNCC1. The Bertz CT molecular complexity index is 680. The molecule has 0 radical (unpaired) electrons. The molecule has 1 saturated heterocycles. The smallest absolute Gasteiger partial charge is 0.408 e. The molecule has 8 heteroatoms. The lowest BCUT2D eigenvalue weighted by Gasteiger charge is -2.36. The summed E-state index contributed by atoms with van der Waals surface area (Å²) >= 11 is 0. The van der Waals surface area contributed by atoms with Crippen molar-refractivity contribution in [2.24, 2.45) is 0 Å². The van der Waals surface area contributed by atoms with Crippen LogP contribution in [-0.4, -0.2) is 37.3 Å². The van der Waals surface area contributed by atoms with Crippen LogP contribution in [0.25, 0.3) is 0 Å². The summed E-state index contributed by atoms with van der Waals surface area (Å²) in [6, 6.07) is 14.3. The predicted molar refractivity (Wildman–Crippen MR) is 105 cm³/mol. The van der Waals surface area contributed by atoms with Crippen molar-refractivity contribution in [3.63, 3.8) is 0 Å². The van der Waals surface area contributed by atoms with E-state index in [-0.39, 0.29) is 30.4 Å². The molecule has 1 aliphatic rings. The number of nitrogens with one attached hydrogen (secondary N) is 1. The van der Waals surface area contributed by atoms with E-state index in [1.807, 2.05) is 30.3 Å². The maximum absolute atomic E-state index is 13.7. The van der Waals surface area contributed by atoms with Crippen molar-refractivity contribution in [1.29, 1.82) is 0 Å². The minimum absolute atomic E-state index is 0. The monoisotopic (exact) mass is 422 g/mol. The Hall–Kier alpha value is -1.47. The predicted octanol–water partition coefficient (Wildman–Crippen LogP) is 4.62. The van der Waals surface area contributed by atoms with Gasteiger partial charge in [0.1, 0.15) is 18.4 Å². The molecule has 0 amide bonds. The van der Waals surface area contributed by atoms with E-state index in [1.165, 1.54) is 17.0 Å². The van der Waals surface area contributed by atoms with Gasteiger partial charge in [-0.2, -0.15) is 13.2 Å². The van der Waals surface area contributed by atoms with Crippen LogP contribution in [0.5, 0.6) is 5.75 Å². The van der Waals surface area contributed by atoms with Crippen molar-refractivity contribution < 1.29 is 17.9 Å². The first-order chi connectivity index (χ1) is 12.0. The Kier molecular flexibility index (Phi) is 9.39. The summed E-state index contributed by atoms with van der Waals surface area (Å²) in [5, 5.41) is 3.09. The van der Waals surface area contributed by atoms with Gasteiger partial charge in [0.15, 0.2) is 0 Å². The maximum Gasteiger partial charge on any atom is 0.408 e. The summed E-state index contributed by atoms with van der Waals surface area (Å²) in [7, 11) is 0. The third-order valence-electron chi connectivity index (χ3n) is 4.25. The lowest BCUT2D eigenvalue weighted by atomic mass is 10.0. The molecule has 0 spiro atoms. The number of piperazine rings is 1. The van der Waals surface area contributed by atoms with E-state index < -0.39 is 12.2 Å². The Balaban J connectivity index is 0.00000182. The van der Waals surface area contributed by atoms with Gasteiger partial charge in [0.25, 0.3) is 0 Å². The normalized spacial score (nSPS) is 16.0. The molecule has 27 heavy (non-hydrogen) atoms. The lowest BCUT2D eigenvalue weighted by Crippen LogP contribution is -2.49. The summed E-state index contributed by atoms with van der Waals surface area (Å²) in [6.07, 6.45) is -4.32. The molecule has 0 bridgehead atoms. The number of benzene rings is 2. The van der Waals surface area contributed by atoms with E-state index in [0.29, 0.717) is 38.5 Å². The van der Waals surface area contributed by atoms with Crippen LogP contribution in [0, 0.1) is 0 Å². The Morgan fingerprint density at radius 1 is 0.963 bits per heavy atom. The molecule has 0 saturated carbocycles. The van der Waals surface area contributed by atoms with Crippen LogP contribution in [0.2, 0.25) is 0 Å². The molecule has 150 valence electrons. The van der Waals surface area contributed by atoms with Crippen LogP contribution in [-0.2, 0) is 6.61 Å². The summed E-state index contributed by atoms with van der Waals surface area (Å²) < 4.78 is 46.7. The molecule has 1 atom stereocenters. The van der Waals surface area contributed by atoms with Crippen LogP contribution >= 0.6 is 24.8 Å². The third kappa shape index (κ3) is 6.57.